The first-order valence-corrected chi connectivity index (χ1v) is 8.92. The van der Waals surface area contributed by atoms with Crippen molar-refractivity contribution in [1.82, 2.24) is 16.0 Å². The summed E-state index contributed by atoms with van der Waals surface area (Å²) in [5.74, 6) is 2.65. The van der Waals surface area contributed by atoms with Gasteiger partial charge in [0, 0.05) is 24.2 Å². The summed E-state index contributed by atoms with van der Waals surface area (Å²) in [6.07, 6.45) is 10.2. The summed E-state index contributed by atoms with van der Waals surface area (Å²) < 4.78 is 0. The van der Waals surface area contributed by atoms with Gasteiger partial charge in [0.25, 0.3) is 0 Å². The molecule has 0 radical (unpaired) electrons. The Kier molecular flexibility index (Phi) is 3.40. The second kappa shape index (κ2) is 5.15. The molecule has 0 aromatic carbocycles. The summed E-state index contributed by atoms with van der Waals surface area (Å²) >= 11 is 0. The van der Waals surface area contributed by atoms with Crippen molar-refractivity contribution in [2.45, 2.75) is 75.9 Å². The van der Waals surface area contributed by atoms with Gasteiger partial charge in [-0.2, -0.15) is 0 Å². The molecule has 4 bridgehead atoms. The van der Waals surface area contributed by atoms with Crippen molar-refractivity contribution in [3.05, 3.63) is 0 Å². The number of rotatable bonds is 2. The smallest absolute Gasteiger partial charge is 0.315 e. The Morgan fingerprint density at radius 2 is 1.67 bits per heavy atom. The van der Waals surface area contributed by atoms with Gasteiger partial charge >= 0.3 is 6.03 Å². The van der Waals surface area contributed by atoms with Gasteiger partial charge in [0.1, 0.15) is 0 Å². The summed E-state index contributed by atoms with van der Waals surface area (Å²) in [7, 11) is 0. The molecule has 0 aromatic heterocycles. The molecule has 3 N–H and O–H groups in total. The predicted octanol–water partition coefficient (Wildman–Crippen LogP) is 2.39. The summed E-state index contributed by atoms with van der Waals surface area (Å²) in [5.41, 5.74) is 0.133. The maximum absolute atomic E-state index is 12.4. The van der Waals surface area contributed by atoms with E-state index in [1.807, 2.05) is 0 Å². The summed E-state index contributed by atoms with van der Waals surface area (Å²) in [4.78, 5) is 12.4. The number of urea groups is 1. The molecule has 1 aliphatic heterocycles. The average Bonchev–Trinajstić information content (AvgIpc) is 2.39. The fourth-order valence-electron chi connectivity index (χ4n) is 5.85. The molecule has 118 valence electrons. The first-order chi connectivity index (χ1) is 10.1. The van der Waals surface area contributed by atoms with Gasteiger partial charge in [0.15, 0.2) is 0 Å². The second-order valence-corrected chi connectivity index (χ2v) is 8.38. The molecular weight excluding hydrogens is 262 g/mol. The Morgan fingerprint density at radius 1 is 1.05 bits per heavy atom. The molecule has 21 heavy (non-hydrogen) atoms. The molecule has 1 saturated heterocycles. The zero-order valence-electron chi connectivity index (χ0n) is 13.2. The lowest BCUT2D eigenvalue weighted by Gasteiger charge is -2.56. The van der Waals surface area contributed by atoms with Crippen molar-refractivity contribution in [3.8, 4) is 0 Å². The normalized spacial score (nSPS) is 48.1. The molecule has 4 saturated carbocycles. The molecular formula is C17H29N3O. The maximum atomic E-state index is 12.4. The zero-order chi connectivity index (χ0) is 14.4. The first kappa shape index (κ1) is 13.9. The highest BCUT2D eigenvalue weighted by Gasteiger charge is 2.51. The standard InChI is InChI=1S/C17H29N3O/c1-11-2-3-15(10-18-11)19-16(21)20-17-7-12-4-13(8-17)6-14(5-12)9-17/h11-15,18H,2-10H2,1H3,(H2,19,20,21). The molecule has 2 amide bonds. The molecule has 4 aliphatic carbocycles. The number of hydrogen-bond donors (Lipinski definition) is 3. The highest BCUT2D eigenvalue weighted by Crippen LogP contribution is 2.55. The first-order valence-electron chi connectivity index (χ1n) is 8.92. The van der Waals surface area contributed by atoms with E-state index >= 15 is 0 Å². The molecule has 5 rings (SSSR count). The van der Waals surface area contributed by atoms with Gasteiger partial charge in [-0.3, -0.25) is 0 Å². The summed E-state index contributed by atoms with van der Waals surface area (Å²) in [5, 5.41) is 10.1. The van der Waals surface area contributed by atoms with Crippen molar-refractivity contribution in [2.24, 2.45) is 17.8 Å². The van der Waals surface area contributed by atoms with E-state index in [9.17, 15) is 4.79 Å². The van der Waals surface area contributed by atoms with Gasteiger partial charge in [-0.25, -0.2) is 4.79 Å². The van der Waals surface area contributed by atoms with Crippen LogP contribution in [0, 0.1) is 17.8 Å². The van der Waals surface area contributed by atoms with E-state index in [2.05, 4.69) is 22.9 Å². The van der Waals surface area contributed by atoms with Crippen molar-refractivity contribution in [1.29, 1.82) is 0 Å². The SMILES string of the molecule is CC1CCC(NC(=O)NC23CC4CC(CC(C4)C2)C3)CN1. The third-order valence-corrected chi connectivity index (χ3v) is 6.41. The molecule has 0 aromatic rings. The Labute approximate surface area is 127 Å². The van der Waals surface area contributed by atoms with Crippen LogP contribution in [0.15, 0.2) is 0 Å². The van der Waals surface area contributed by atoms with Crippen LogP contribution < -0.4 is 16.0 Å². The minimum Gasteiger partial charge on any atom is -0.334 e. The van der Waals surface area contributed by atoms with Crippen molar-refractivity contribution < 1.29 is 4.79 Å². The van der Waals surface area contributed by atoms with Crippen molar-refractivity contribution in [3.63, 3.8) is 0 Å². The minimum absolute atomic E-state index is 0.0818. The van der Waals surface area contributed by atoms with Gasteiger partial charge in [0.05, 0.1) is 0 Å². The van der Waals surface area contributed by atoms with Gasteiger partial charge in [0.2, 0.25) is 0 Å². The van der Waals surface area contributed by atoms with Crippen LogP contribution in [-0.2, 0) is 0 Å². The third kappa shape index (κ3) is 2.79. The van der Waals surface area contributed by atoms with E-state index in [0.717, 1.165) is 37.1 Å². The molecule has 2 unspecified atom stereocenters. The van der Waals surface area contributed by atoms with Crippen molar-refractivity contribution >= 4 is 6.03 Å². The van der Waals surface area contributed by atoms with E-state index < -0.39 is 0 Å². The molecule has 5 aliphatic rings. The lowest BCUT2D eigenvalue weighted by Crippen LogP contribution is -2.63. The Balaban J connectivity index is 1.34. The molecule has 2 atom stereocenters. The van der Waals surface area contributed by atoms with Crippen LogP contribution in [0.4, 0.5) is 4.79 Å². The van der Waals surface area contributed by atoms with Crippen LogP contribution in [0.3, 0.4) is 0 Å². The Hall–Kier alpha value is -0.770. The number of piperidine rings is 1. The summed E-state index contributed by atoms with van der Waals surface area (Å²) in [6.45, 7) is 3.13. The van der Waals surface area contributed by atoms with E-state index in [0.29, 0.717) is 12.1 Å². The molecule has 1 heterocycles. The van der Waals surface area contributed by atoms with Crippen molar-refractivity contribution in [2.75, 3.05) is 6.54 Å². The Morgan fingerprint density at radius 3 is 2.19 bits per heavy atom. The van der Waals surface area contributed by atoms with E-state index in [-0.39, 0.29) is 11.6 Å². The van der Waals surface area contributed by atoms with Crippen LogP contribution in [0.25, 0.3) is 0 Å². The molecule has 4 nitrogen and oxygen atoms in total. The fraction of sp³-hybridized carbons (Fsp3) is 0.941. The monoisotopic (exact) mass is 291 g/mol. The Bertz CT molecular complexity index is 379. The zero-order valence-corrected chi connectivity index (χ0v) is 13.2. The largest absolute Gasteiger partial charge is 0.334 e. The molecule has 5 fully saturated rings. The quantitative estimate of drug-likeness (QED) is 0.732. The van der Waals surface area contributed by atoms with Gasteiger partial charge in [-0.15, -0.1) is 0 Å². The van der Waals surface area contributed by atoms with E-state index in [1.54, 1.807) is 0 Å². The van der Waals surface area contributed by atoms with Crippen LogP contribution in [0.5, 0.6) is 0 Å². The minimum atomic E-state index is 0.0818. The highest BCUT2D eigenvalue weighted by molar-refractivity contribution is 5.75. The number of nitrogens with one attached hydrogen (secondary N) is 3. The number of carbonyl (C=O) groups excluding carboxylic acids is 1. The van der Waals surface area contributed by atoms with Gasteiger partial charge in [-0.05, 0) is 76.0 Å². The lowest BCUT2D eigenvalue weighted by atomic mass is 9.53. The highest BCUT2D eigenvalue weighted by atomic mass is 16.2. The van der Waals surface area contributed by atoms with Gasteiger partial charge in [-0.1, -0.05) is 0 Å². The van der Waals surface area contributed by atoms with Crippen LogP contribution in [0.1, 0.15) is 58.3 Å². The number of carbonyl (C=O) groups is 1. The van der Waals surface area contributed by atoms with Crippen LogP contribution in [-0.4, -0.2) is 30.2 Å². The topological polar surface area (TPSA) is 53.2 Å². The summed E-state index contributed by atoms with van der Waals surface area (Å²) in [6, 6.07) is 0.975. The van der Waals surface area contributed by atoms with Gasteiger partial charge < -0.3 is 16.0 Å². The predicted molar refractivity (Wildman–Crippen MR) is 83.1 cm³/mol. The fourth-order valence-corrected chi connectivity index (χ4v) is 5.85. The molecule has 4 heteroatoms. The van der Waals surface area contributed by atoms with Crippen LogP contribution in [0.2, 0.25) is 0 Å². The number of amides is 2. The average molecular weight is 291 g/mol. The number of hydrogen-bond acceptors (Lipinski definition) is 2. The second-order valence-electron chi connectivity index (χ2n) is 8.38. The van der Waals surface area contributed by atoms with E-state index in [1.165, 1.54) is 38.5 Å². The maximum Gasteiger partial charge on any atom is 0.315 e. The molecule has 0 spiro atoms. The lowest BCUT2D eigenvalue weighted by molar-refractivity contribution is -0.0137. The van der Waals surface area contributed by atoms with E-state index in [4.69, 9.17) is 0 Å². The van der Waals surface area contributed by atoms with Crippen LogP contribution >= 0.6 is 0 Å². The third-order valence-electron chi connectivity index (χ3n) is 6.41.